The van der Waals surface area contributed by atoms with Gasteiger partial charge in [-0.25, -0.2) is 0 Å². The molecule has 0 radical (unpaired) electrons. The first-order valence-electron chi connectivity index (χ1n) is 48.8. The van der Waals surface area contributed by atoms with Crippen molar-refractivity contribution in [2.24, 2.45) is 94.7 Å². The average Bonchev–Trinajstić information content (AvgIpc) is 0.807. The molecule has 16 nitrogen and oxygen atoms in total. The Morgan fingerprint density at radius 1 is 0.219 bits per heavy atom. The molecule has 0 bridgehead atoms. The topological polar surface area (TPSA) is 236 Å². The van der Waals surface area contributed by atoms with Gasteiger partial charge in [-0.1, -0.05) is 368 Å². The quantitative estimate of drug-likeness (QED) is 0.113. The first-order valence-corrected chi connectivity index (χ1v) is 48.8. The Hall–Kier alpha value is -0.640. The van der Waals surface area contributed by atoms with E-state index >= 15 is 0 Å². The minimum atomic E-state index is -1.67. The molecule has 3 fully saturated rings. The van der Waals surface area contributed by atoms with Gasteiger partial charge in [-0.15, -0.1) is 0 Å². The Bertz CT molecular complexity index is 2160. The third-order valence-corrected chi connectivity index (χ3v) is 27.7. The van der Waals surface area contributed by atoms with Crippen molar-refractivity contribution < 1.29 is 78.7 Å². The SMILES string of the molecule is CC1CCCC(C)CCCC(C)CCC(C)CCCC(C)CCCC(C)CCCC(C)CCOC(CO[C@@H]2O[C@H](CO[C@@H]3O[C@H](CO)[C@@H](O)[C@H](O)[C@H]3O)[C@@H](O)[C@H](O)[C@H]2O)COCCC(C)CCCC(C)CCCC(C)CCCC(C)CCC(C)CCCC(C)CCCC(C)CCCC(C)CCOC(CO)COCCC(C)CCC1. The zero-order valence-corrected chi connectivity index (χ0v) is 77.2. The summed E-state index contributed by atoms with van der Waals surface area (Å²) in [6.45, 7) is 41.3. The highest BCUT2D eigenvalue weighted by Gasteiger charge is 2.48. The lowest BCUT2D eigenvalue weighted by Crippen LogP contribution is -2.61. The second-order valence-corrected chi connectivity index (χ2v) is 40.4. The predicted octanol–water partition coefficient (Wildman–Crippen LogP) is 21.8. The number of ether oxygens (including phenoxy) is 8. The highest BCUT2D eigenvalue weighted by atomic mass is 16.7. The first-order chi connectivity index (χ1) is 54.6. The van der Waals surface area contributed by atoms with Gasteiger partial charge in [-0.05, 0) is 120 Å². The summed E-state index contributed by atoms with van der Waals surface area (Å²) < 4.78 is 48.3. The van der Waals surface area contributed by atoms with E-state index in [1.54, 1.807) is 0 Å². The van der Waals surface area contributed by atoms with Crippen LogP contribution in [0.1, 0.15) is 393 Å². The number of aliphatic hydroxyl groups excluding tert-OH is 8. The van der Waals surface area contributed by atoms with Gasteiger partial charge in [0.1, 0.15) is 61.0 Å². The van der Waals surface area contributed by atoms with Crippen molar-refractivity contribution in [1.29, 1.82) is 0 Å². The maximum Gasteiger partial charge on any atom is 0.186 e. The van der Waals surface area contributed by atoms with Crippen LogP contribution < -0.4 is 0 Å². The van der Waals surface area contributed by atoms with E-state index < -0.39 is 80.7 Å². The highest BCUT2D eigenvalue weighted by molar-refractivity contribution is 4.92. The van der Waals surface area contributed by atoms with Crippen molar-refractivity contribution in [1.82, 2.24) is 0 Å². The Morgan fingerprint density at radius 3 is 0.693 bits per heavy atom. The zero-order valence-electron chi connectivity index (χ0n) is 77.2. The molecule has 114 heavy (non-hydrogen) atoms. The number of aliphatic hydroxyl groups is 8. The molecule has 16 heteroatoms. The average molecular weight is 1630 g/mol. The maximum atomic E-state index is 11.1. The molecule has 0 spiro atoms. The van der Waals surface area contributed by atoms with E-state index in [-0.39, 0.29) is 25.9 Å². The van der Waals surface area contributed by atoms with Crippen molar-refractivity contribution in [2.45, 2.75) is 467 Å². The molecular weight excluding hydrogens is 1430 g/mol. The van der Waals surface area contributed by atoms with Crippen LogP contribution in [0.3, 0.4) is 0 Å². The van der Waals surface area contributed by atoms with Crippen LogP contribution >= 0.6 is 0 Å². The predicted molar refractivity (Wildman–Crippen MR) is 470 cm³/mol. The summed E-state index contributed by atoms with van der Waals surface area (Å²) in [5.41, 5.74) is 0. The molecule has 680 valence electrons. The van der Waals surface area contributed by atoms with E-state index in [4.69, 9.17) is 37.9 Å². The summed E-state index contributed by atoms with van der Waals surface area (Å²) in [6.07, 6.45) is 41.1. The van der Waals surface area contributed by atoms with Crippen LogP contribution in [-0.2, 0) is 37.9 Å². The van der Waals surface area contributed by atoms with Crippen molar-refractivity contribution in [3.05, 3.63) is 0 Å². The molecule has 0 amide bonds. The standard InChI is InChI=1S/C98H192O16/c1-71-29-17-33-75(5)41-25-49-83(13)57-61-107-67-87(65-99)109-63-59-85(15)51-27-43-77(7)35-19-31-73(3)39-23-47-81(11)55-53-80(10)46-22-38-72(2)30-18-34-76(6)42-26-50-84(14)58-62-108-68-88(69-111-97-96(106)94(104)92(102)90(114-97)70-112-98-95(105)93(103)91(101)89(66-100)113-98)110-64-60-86(16)52-28-44-78(8)36-20-32-74(4)40-24-48-82(12)56-54-79(9)45-21-37-71/h71-106H,17-70H2,1-16H3/t71?,72?,73?,74?,75?,76?,77?,78?,79?,80?,81?,82?,83?,84?,85?,86?,87?,88?,89-,90-,91-,92-,93+,94+,95-,96-,97-,98-/m1/s1. The summed E-state index contributed by atoms with van der Waals surface area (Å²) in [5, 5.41) is 83.8. The van der Waals surface area contributed by atoms with Gasteiger partial charge in [-0.3, -0.25) is 0 Å². The molecule has 8 N–H and O–H groups in total. The maximum absolute atomic E-state index is 11.1. The fourth-order valence-electron chi connectivity index (χ4n) is 18.2. The molecule has 3 heterocycles. The van der Waals surface area contributed by atoms with E-state index in [2.05, 4.69) is 111 Å². The zero-order chi connectivity index (χ0) is 84.0. The molecular formula is C98H192O16. The summed E-state index contributed by atoms with van der Waals surface area (Å²) in [4.78, 5) is 0. The van der Waals surface area contributed by atoms with Crippen molar-refractivity contribution >= 4 is 0 Å². The molecule has 3 aliphatic heterocycles. The molecule has 3 aliphatic rings. The second kappa shape index (κ2) is 65.9. The molecule has 0 aromatic carbocycles. The third kappa shape index (κ3) is 52.1. The van der Waals surface area contributed by atoms with Crippen molar-refractivity contribution in [3.63, 3.8) is 0 Å². The molecule has 0 aromatic rings. The fourth-order valence-corrected chi connectivity index (χ4v) is 18.2. The van der Waals surface area contributed by atoms with E-state index in [9.17, 15) is 40.9 Å². The minimum absolute atomic E-state index is 0.00921. The van der Waals surface area contributed by atoms with Crippen molar-refractivity contribution in [2.75, 3.05) is 66.1 Å². The van der Waals surface area contributed by atoms with E-state index in [1.807, 2.05) is 0 Å². The Balaban J connectivity index is 1.48. The molecule has 0 saturated carbocycles. The van der Waals surface area contributed by atoms with Crippen molar-refractivity contribution in [3.8, 4) is 0 Å². The lowest BCUT2D eigenvalue weighted by molar-refractivity contribution is -0.333. The first kappa shape index (κ1) is 108. The van der Waals surface area contributed by atoms with Crippen LogP contribution in [0.5, 0.6) is 0 Å². The van der Waals surface area contributed by atoms with Crippen LogP contribution in [-0.4, -0.2) is 181 Å². The minimum Gasteiger partial charge on any atom is -0.394 e. The largest absolute Gasteiger partial charge is 0.394 e. The Kier molecular flexibility index (Phi) is 62.2. The van der Waals surface area contributed by atoms with Crippen LogP contribution in [0.4, 0.5) is 0 Å². The van der Waals surface area contributed by atoms with Gasteiger partial charge in [0.2, 0.25) is 0 Å². The van der Waals surface area contributed by atoms with Gasteiger partial charge in [0.05, 0.1) is 39.6 Å². The van der Waals surface area contributed by atoms with Gasteiger partial charge in [0, 0.05) is 26.4 Å². The Labute approximate surface area is 702 Å². The van der Waals surface area contributed by atoms with E-state index in [1.165, 1.54) is 244 Å². The molecule has 0 aromatic heterocycles. The van der Waals surface area contributed by atoms with E-state index in [0.29, 0.717) is 56.0 Å². The fraction of sp³-hybridized carbons (Fsp3) is 1.00. The van der Waals surface area contributed by atoms with Crippen LogP contribution in [0.15, 0.2) is 0 Å². The molecule has 3 saturated heterocycles. The second-order valence-electron chi connectivity index (χ2n) is 40.4. The summed E-state index contributed by atoms with van der Waals surface area (Å²) in [7, 11) is 0. The van der Waals surface area contributed by atoms with Crippen LogP contribution in [0.2, 0.25) is 0 Å². The Morgan fingerprint density at radius 2 is 0.430 bits per heavy atom. The van der Waals surface area contributed by atoms with Crippen LogP contribution in [0.25, 0.3) is 0 Å². The van der Waals surface area contributed by atoms with E-state index in [0.717, 1.165) is 110 Å². The smallest absolute Gasteiger partial charge is 0.186 e. The van der Waals surface area contributed by atoms with Gasteiger partial charge in [0.25, 0.3) is 0 Å². The molecule has 0 aliphatic carbocycles. The third-order valence-electron chi connectivity index (χ3n) is 27.7. The lowest BCUT2D eigenvalue weighted by atomic mass is 9.88. The molecule has 3 rings (SSSR count). The van der Waals surface area contributed by atoms with Crippen LogP contribution in [0, 0.1) is 94.7 Å². The van der Waals surface area contributed by atoms with Gasteiger partial charge in [-0.2, -0.15) is 0 Å². The lowest BCUT2D eigenvalue weighted by Gasteiger charge is -2.42. The monoisotopic (exact) mass is 1630 g/mol. The summed E-state index contributed by atoms with van der Waals surface area (Å²) in [5.74, 6) is 11.8. The number of hydrogen-bond acceptors (Lipinski definition) is 16. The molecule has 28 atom stereocenters. The van der Waals surface area contributed by atoms with Gasteiger partial charge in [0.15, 0.2) is 12.6 Å². The molecule has 18 unspecified atom stereocenters. The summed E-state index contributed by atoms with van der Waals surface area (Å²) in [6, 6.07) is 0. The summed E-state index contributed by atoms with van der Waals surface area (Å²) >= 11 is 0. The number of hydrogen-bond donors (Lipinski definition) is 8. The normalized spacial score (nSPS) is 39.6. The van der Waals surface area contributed by atoms with Gasteiger partial charge >= 0.3 is 0 Å². The van der Waals surface area contributed by atoms with Gasteiger partial charge < -0.3 is 78.7 Å². The highest BCUT2D eigenvalue weighted by Crippen LogP contribution is 2.33. The number of rotatable bonds is 8.